The van der Waals surface area contributed by atoms with Gasteiger partial charge in [0.1, 0.15) is 10.3 Å². The highest BCUT2D eigenvalue weighted by Crippen LogP contribution is 2.31. The molecule has 2 fully saturated rings. The van der Waals surface area contributed by atoms with Gasteiger partial charge in [0.05, 0.1) is 0 Å². The van der Waals surface area contributed by atoms with Crippen LogP contribution in [0.1, 0.15) is 56.7 Å². The van der Waals surface area contributed by atoms with Crippen molar-refractivity contribution in [3.63, 3.8) is 0 Å². The van der Waals surface area contributed by atoms with Crippen molar-refractivity contribution in [2.24, 2.45) is 0 Å². The van der Waals surface area contributed by atoms with Gasteiger partial charge >= 0.3 is 0 Å². The molecule has 1 atom stereocenters. The van der Waals surface area contributed by atoms with E-state index in [4.69, 9.17) is 0 Å². The predicted molar refractivity (Wildman–Crippen MR) is 95.6 cm³/mol. The van der Waals surface area contributed by atoms with Crippen LogP contribution in [0, 0.1) is 0 Å². The van der Waals surface area contributed by atoms with Gasteiger partial charge in [0.15, 0.2) is 0 Å². The third-order valence-electron chi connectivity index (χ3n) is 5.01. The Bertz CT molecular complexity index is 678. The third kappa shape index (κ3) is 3.68. The molecule has 7 heteroatoms. The van der Waals surface area contributed by atoms with Crippen LogP contribution in [0.4, 0.5) is 0 Å². The second-order valence-electron chi connectivity index (χ2n) is 6.69. The van der Waals surface area contributed by atoms with Gasteiger partial charge in [-0.2, -0.15) is 4.31 Å². The molecule has 1 saturated carbocycles. The summed E-state index contributed by atoms with van der Waals surface area (Å²) in [6, 6.07) is 3.20. The first-order valence-electron chi connectivity index (χ1n) is 8.93. The SMILES string of the molecule is CCc1ccc(S(=O)(=O)N2CCC[C@@H]2C(=O)NC2CCCCC2)s1. The maximum absolute atomic E-state index is 12.9. The van der Waals surface area contributed by atoms with Crippen LogP contribution in [-0.4, -0.2) is 37.3 Å². The van der Waals surface area contributed by atoms with E-state index in [1.807, 2.05) is 13.0 Å². The van der Waals surface area contributed by atoms with Gasteiger partial charge in [-0.15, -0.1) is 11.3 Å². The molecule has 0 spiro atoms. The summed E-state index contributed by atoms with van der Waals surface area (Å²) in [5, 5.41) is 3.09. The zero-order valence-corrected chi connectivity index (χ0v) is 15.8. The number of carbonyl (C=O) groups is 1. The number of aryl methyl sites for hydroxylation is 1. The number of carbonyl (C=O) groups excluding carboxylic acids is 1. The summed E-state index contributed by atoms with van der Waals surface area (Å²) in [7, 11) is -3.57. The van der Waals surface area contributed by atoms with Crippen LogP contribution in [0.25, 0.3) is 0 Å². The molecule has 1 aliphatic carbocycles. The van der Waals surface area contributed by atoms with Crippen molar-refractivity contribution in [2.75, 3.05) is 6.54 Å². The second kappa shape index (κ2) is 7.54. The van der Waals surface area contributed by atoms with Gasteiger partial charge in [-0.25, -0.2) is 8.42 Å². The molecular weight excluding hydrogens is 344 g/mol. The lowest BCUT2D eigenvalue weighted by atomic mass is 9.95. The average molecular weight is 371 g/mol. The predicted octanol–water partition coefficient (Wildman–Crippen LogP) is 2.91. The minimum Gasteiger partial charge on any atom is -0.352 e. The van der Waals surface area contributed by atoms with Crippen molar-refractivity contribution >= 4 is 27.3 Å². The highest BCUT2D eigenvalue weighted by Gasteiger charge is 2.40. The molecular formula is C17H26N2O3S2. The fraction of sp³-hybridized carbons (Fsp3) is 0.706. The minimum absolute atomic E-state index is 0.116. The van der Waals surface area contributed by atoms with E-state index in [1.54, 1.807) is 6.07 Å². The zero-order valence-electron chi connectivity index (χ0n) is 14.2. The maximum Gasteiger partial charge on any atom is 0.253 e. The van der Waals surface area contributed by atoms with Crippen molar-refractivity contribution in [2.45, 2.75) is 74.6 Å². The molecule has 5 nitrogen and oxygen atoms in total. The number of hydrogen-bond acceptors (Lipinski definition) is 4. The quantitative estimate of drug-likeness (QED) is 0.867. The van der Waals surface area contributed by atoms with Crippen molar-refractivity contribution in [1.29, 1.82) is 0 Å². The van der Waals surface area contributed by atoms with Crippen LogP contribution in [0.2, 0.25) is 0 Å². The first-order chi connectivity index (χ1) is 11.5. The molecule has 1 aromatic heterocycles. The van der Waals surface area contributed by atoms with Crippen molar-refractivity contribution in [1.82, 2.24) is 9.62 Å². The van der Waals surface area contributed by atoms with Crippen LogP contribution in [-0.2, 0) is 21.2 Å². The molecule has 1 amide bonds. The Morgan fingerprint density at radius 1 is 1.21 bits per heavy atom. The molecule has 1 aliphatic heterocycles. The molecule has 0 aromatic carbocycles. The van der Waals surface area contributed by atoms with E-state index < -0.39 is 16.1 Å². The van der Waals surface area contributed by atoms with Crippen molar-refractivity contribution in [3.05, 3.63) is 17.0 Å². The summed E-state index contributed by atoms with van der Waals surface area (Å²) >= 11 is 1.31. The normalized spacial score (nSPS) is 23.5. The summed E-state index contributed by atoms with van der Waals surface area (Å²) in [6.45, 7) is 2.45. The number of sulfonamides is 1. The highest BCUT2D eigenvalue weighted by molar-refractivity contribution is 7.91. The number of nitrogens with zero attached hydrogens (tertiary/aromatic N) is 1. The van der Waals surface area contributed by atoms with E-state index in [0.29, 0.717) is 17.2 Å². The molecule has 1 N–H and O–H groups in total. The Kier molecular flexibility index (Phi) is 5.62. The van der Waals surface area contributed by atoms with E-state index in [9.17, 15) is 13.2 Å². The molecule has 2 heterocycles. The van der Waals surface area contributed by atoms with Gasteiger partial charge < -0.3 is 5.32 Å². The highest BCUT2D eigenvalue weighted by atomic mass is 32.2. The van der Waals surface area contributed by atoms with Crippen LogP contribution in [0.15, 0.2) is 16.3 Å². The Morgan fingerprint density at radius 2 is 1.96 bits per heavy atom. The van der Waals surface area contributed by atoms with E-state index in [1.165, 1.54) is 22.1 Å². The largest absolute Gasteiger partial charge is 0.352 e. The van der Waals surface area contributed by atoms with Gasteiger partial charge in [-0.05, 0) is 44.2 Å². The third-order valence-corrected chi connectivity index (χ3v) is 8.61. The molecule has 1 aromatic rings. The topological polar surface area (TPSA) is 66.5 Å². The monoisotopic (exact) mass is 370 g/mol. The van der Waals surface area contributed by atoms with Crippen molar-refractivity contribution < 1.29 is 13.2 Å². The average Bonchev–Trinajstić information content (AvgIpc) is 3.25. The van der Waals surface area contributed by atoms with Gasteiger partial charge in [0.25, 0.3) is 10.0 Å². The summed E-state index contributed by atoms with van der Waals surface area (Å²) in [5.41, 5.74) is 0. The van der Waals surface area contributed by atoms with Crippen LogP contribution in [0.3, 0.4) is 0 Å². The number of rotatable bonds is 5. The summed E-state index contributed by atoms with van der Waals surface area (Å²) in [4.78, 5) is 13.7. The number of nitrogens with one attached hydrogen (secondary N) is 1. The fourth-order valence-electron chi connectivity index (χ4n) is 3.64. The first-order valence-corrected chi connectivity index (χ1v) is 11.2. The molecule has 134 valence electrons. The Balaban J connectivity index is 1.73. The molecule has 0 radical (unpaired) electrons. The number of amides is 1. The smallest absolute Gasteiger partial charge is 0.253 e. The number of thiophene rings is 1. The van der Waals surface area contributed by atoms with Gasteiger partial charge in [-0.3, -0.25) is 4.79 Å². The zero-order chi connectivity index (χ0) is 17.2. The van der Waals surface area contributed by atoms with E-state index in [2.05, 4.69) is 5.32 Å². The van der Waals surface area contributed by atoms with Gasteiger partial charge in [0.2, 0.25) is 5.91 Å². The first kappa shape index (κ1) is 17.9. The summed E-state index contributed by atoms with van der Waals surface area (Å²) < 4.78 is 27.6. The second-order valence-corrected chi connectivity index (χ2v) is 9.98. The van der Waals surface area contributed by atoms with E-state index in [-0.39, 0.29) is 11.9 Å². The van der Waals surface area contributed by atoms with E-state index >= 15 is 0 Å². The molecule has 1 saturated heterocycles. The van der Waals surface area contributed by atoms with Gasteiger partial charge in [0, 0.05) is 17.5 Å². The fourth-order valence-corrected chi connectivity index (χ4v) is 6.72. The number of hydrogen-bond donors (Lipinski definition) is 1. The van der Waals surface area contributed by atoms with Crippen LogP contribution < -0.4 is 5.32 Å². The Hall–Kier alpha value is -0.920. The van der Waals surface area contributed by atoms with Crippen LogP contribution >= 0.6 is 11.3 Å². The molecule has 3 rings (SSSR count). The van der Waals surface area contributed by atoms with Crippen LogP contribution in [0.5, 0.6) is 0 Å². The summed E-state index contributed by atoms with van der Waals surface area (Å²) in [6.07, 6.45) is 7.73. The molecule has 24 heavy (non-hydrogen) atoms. The maximum atomic E-state index is 12.9. The molecule has 2 aliphatic rings. The standard InChI is InChI=1S/C17H26N2O3S2/c1-2-14-10-11-16(23-14)24(21,22)19-12-6-9-15(19)17(20)18-13-7-4-3-5-8-13/h10-11,13,15H,2-9,12H2,1H3,(H,18,20)/t15-/m1/s1. The lowest BCUT2D eigenvalue weighted by molar-refractivity contribution is -0.125. The lowest BCUT2D eigenvalue weighted by Gasteiger charge is -2.27. The summed E-state index contributed by atoms with van der Waals surface area (Å²) in [5.74, 6) is -0.116. The lowest BCUT2D eigenvalue weighted by Crippen LogP contribution is -2.49. The Morgan fingerprint density at radius 3 is 2.62 bits per heavy atom. The van der Waals surface area contributed by atoms with E-state index in [0.717, 1.165) is 43.4 Å². The Labute approximate surface area is 148 Å². The van der Waals surface area contributed by atoms with Gasteiger partial charge in [-0.1, -0.05) is 26.2 Å². The molecule has 0 unspecified atom stereocenters. The van der Waals surface area contributed by atoms with Crippen molar-refractivity contribution in [3.8, 4) is 0 Å². The minimum atomic E-state index is -3.57. The molecule has 0 bridgehead atoms.